The molecule has 0 saturated carbocycles. The van der Waals surface area contributed by atoms with Crippen molar-refractivity contribution in [2.75, 3.05) is 18.7 Å². The maximum absolute atomic E-state index is 13.2. The van der Waals surface area contributed by atoms with Crippen LogP contribution in [0.5, 0.6) is 11.5 Å². The molecule has 33 heavy (non-hydrogen) atoms. The van der Waals surface area contributed by atoms with E-state index in [0.717, 1.165) is 0 Å². The highest BCUT2D eigenvalue weighted by Gasteiger charge is 2.23. The van der Waals surface area contributed by atoms with Crippen molar-refractivity contribution in [3.8, 4) is 17.2 Å². The van der Waals surface area contributed by atoms with Crippen LogP contribution in [0.3, 0.4) is 0 Å². The van der Waals surface area contributed by atoms with E-state index in [4.69, 9.17) is 21.1 Å². The highest BCUT2D eigenvalue weighted by Crippen LogP contribution is 2.35. The van der Waals surface area contributed by atoms with Gasteiger partial charge in [-0.25, -0.2) is 4.68 Å². The van der Waals surface area contributed by atoms with E-state index in [9.17, 15) is 14.4 Å². The number of nitrogens with zero attached hydrogens (tertiary/aromatic N) is 3. The molecular weight excluding hydrogens is 450 g/mol. The maximum atomic E-state index is 13.2. The number of carbonyl (C=O) groups excluding carboxylic acids is 3. The summed E-state index contributed by atoms with van der Waals surface area (Å²) in [6.07, 6.45) is 0. The van der Waals surface area contributed by atoms with Crippen molar-refractivity contribution in [2.45, 2.75) is 13.8 Å². The molecule has 1 aliphatic heterocycles. The second kappa shape index (κ2) is 8.83. The number of anilines is 1. The Hall–Kier alpha value is -4.05. The number of halogens is 1. The standard InChI is InChI=1S/C22H20ClN5O5/c1-12-19(23)20(21(30)25-24-13(2)29)28(26-12)16-6-4-5-14(9-16)22(31)27(3)15-7-8-17-18(10-15)33-11-32-17/h4-10H,11H2,1-3H3,(H,24,29)(H,25,30). The van der Waals surface area contributed by atoms with Crippen LogP contribution >= 0.6 is 11.6 Å². The van der Waals surface area contributed by atoms with Gasteiger partial charge in [0.05, 0.1) is 16.4 Å². The molecule has 1 aromatic heterocycles. The van der Waals surface area contributed by atoms with Crippen molar-refractivity contribution in [1.29, 1.82) is 0 Å². The minimum Gasteiger partial charge on any atom is -0.454 e. The third-order valence-electron chi connectivity index (χ3n) is 4.94. The number of ether oxygens (including phenoxy) is 2. The fraction of sp³-hybridized carbons (Fsp3) is 0.182. The van der Waals surface area contributed by atoms with Gasteiger partial charge in [0.2, 0.25) is 12.7 Å². The molecular formula is C22H20ClN5O5. The van der Waals surface area contributed by atoms with Crippen LogP contribution in [-0.2, 0) is 4.79 Å². The SMILES string of the molecule is CC(=O)NNC(=O)c1c(Cl)c(C)nn1-c1cccc(C(=O)N(C)c2ccc3c(c2)OCO3)c1. The Morgan fingerprint density at radius 1 is 1.09 bits per heavy atom. The fourth-order valence-electron chi connectivity index (χ4n) is 3.27. The van der Waals surface area contributed by atoms with E-state index in [1.165, 1.54) is 16.5 Å². The number of hydrazine groups is 1. The van der Waals surface area contributed by atoms with E-state index in [-0.39, 0.29) is 23.4 Å². The van der Waals surface area contributed by atoms with Crippen molar-refractivity contribution in [3.63, 3.8) is 0 Å². The van der Waals surface area contributed by atoms with Gasteiger partial charge < -0.3 is 14.4 Å². The zero-order chi connectivity index (χ0) is 23.7. The van der Waals surface area contributed by atoms with E-state index in [1.807, 2.05) is 0 Å². The number of fused-ring (bicyclic) bond motifs is 1. The molecule has 11 heteroatoms. The van der Waals surface area contributed by atoms with E-state index in [1.54, 1.807) is 56.4 Å². The molecule has 3 aromatic rings. The first-order valence-electron chi connectivity index (χ1n) is 9.86. The van der Waals surface area contributed by atoms with Crippen LogP contribution in [0.2, 0.25) is 5.02 Å². The minimum absolute atomic E-state index is 0.0247. The molecule has 0 atom stereocenters. The number of hydrogen-bond acceptors (Lipinski definition) is 6. The molecule has 10 nitrogen and oxygen atoms in total. The average Bonchev–Trinajstić information content (AvgIpc) is 3.40. The van der Waals surface area contributed by atoms with Crippen LogP contribution in [0, 0.1) is 6.92 Å². The Morgan fingerprint density at radius 2 is 1.85 bits per heavy atom. The molecule has 3 amide bonds. The lowest BCUT2D eigenvalue weighted by Crippen LogP contribution is -2.41. The summed E-state index contributed by atoms with van der Waals surface area (Å²) in [5, 5.41) is 4.46. The van der Waals surface area contributed by atoms with Crippen LogP contribution in [0.1, 0.15) is 33.5 Å². The van der Waals surface area contributed by atoms with Crippen LogP contribution < -0.4 is 25.2 Å². The first kappa shape index (κ1) is 22.2. The van der Waals surface area contributed by atoms with Crippen LogP contribution in [0.15, 0.2) is 42.5 Å². The number of aryl methyl sites for hydroxylation is 1. The Labute approximate surface area is 194 Å². The molecule has 0 radical (unpaired) electrons. The van der Waals surface area contributed by atoms with Crippen molar-refractivity contribution >= 4 is 35.0 Å². The second-order valence-corrected chi connectivity index (χ2v) is 7.63. The summed E-state index contributed by atoms with van der Waals surface area (Å²) in [6, 6.07) is 11.9. The van der Waals surface area contributed by atoms with Crippen molar-refractivity contribution in [3.05, 3.63) is 64.4 Å². The molecule has 0 unspecified atom stereocenters. The third kappa shape index (κ3) is 4.33. The van der Waals surface area contributed by atoms with Crippen molar-refractivity contribution in [2.24, 2.45) is 0 Å². The fourth-order valence-corrected chi connectivity index (χ4v) is 3.47. The number of carbonyl (C=O) groups is 3. The van der Waals surface area contributed by atoms with Gasteiger partial charge >= 0.3 is 0 Å². The van der Waals surface area contributed by atoms with Crippen LogP contribution in [-0.4, -0.2) is 41.3 Å². The molecule has 0 fully saturated rings. The topological polar surface area (TPSA) is 115 Å². The Balaban J connectivity index is 1.64. The quantitative estimate of drug-likeness (QED) is 0.568. The molecule has 0 saturated heterocycles. The number of nitrogens with one attached hydrogen (secondary N) is 2. The first-order valence-corrected chi connectivity index (χ1v) is 10.2. The predicted octanol–water partition coefficient (Wildman–Crippen LogP) is 2.62. The van der Waals surface area contributed by atoms with Gasteiger partial charge in [0.15, 0.2) is 17.2 Å². The number of rotatable bonds is 4. The van der Waals surface area contributed by atoms with E-state index < -0.39 is 11.8 Å². The number of hydrogen-bond donors (Lipinski definition) is 2. The third-order valence-corrected chi connectivity index (χ3v) is 5.39. The molecule has 0 bridgehead atoms. The molecule has 0 spiro atoms. The highest BCUT2D eigenvalue weighted by molar-refractivity contribution is 6.34. The average molecular weight is 470 g/mol. The van der Waals surface area contributed by atoms with Gasteiger partial charge in [0, 0.05) is 31.3 Å². The largest absolute Gasteiger partial charge is 0.454 e. The number of amides is 3. The highest BCUT2D eigenvalue weighted by atomic mass is 35.5. The summed E-state index contributed by atoms with van der Waals surface area (Å²) in [5.41, 5.74) is 6.38. The molecule has 170 valence electrons. The number of aromatic nitrogens is 2. The normalized spacial score (nSPS) is 11.8. The van der Waals surface area contributed by atoms with Gasteiger partial charge in [-0.05, 0) is 37.3 Å². The van der Waals surface area contributed by atoms with Gasteiger partial charge in [-0.15, -0.1) is 0 Å². The predicted molar refractivity (Wildman–Crippen MR) is 120 cm³/mol. The molecule has 4 rings (SSSR count). The molecule has 2 N–H and O–H groups in total. The summed E-state index contributed by atoms with van der Waals surface area (Å²) < 4.78 is 12.0. The molecule has 0 aliphatic carbocycles. The van der Waals surface area contributed by atoms with Crippen LogP contribution in [0.4, 0.5) is 5.69 Å². The lowest BCUT2D eigenvalue weighted by atomic mass is 10.1. The van der Waals surface area contributed by atoms with Gasteiger partial charge in [-0.3, -0.25) is 25.2 Å². The summed E-state index contributed by atoms with van der Waals surface area (Å²) in [4.78, 5) is 38.4. The van der Waals surface area contributed by atoms with Gasteiger partial charge in [-0.1, -0.05) is 17.7 Å². The lowest BCUT2D eigenvalue weighted by Gasteiger charge is -2.18. The van der Waals surface area contributed by atoms with Gasteiger partial charge in [-0.2, -0.15) is 5.10 Å². The van der Waals surface area contributed by atoms with Gasteiger partial charge in [0.25, 0.3) is 11.8 Å². The summed E-state index contributed by atoms with van der Waals surface area (Å²) in [5.74, 6) is -0.184. The van der Waals surface area contributed by atoms with E-state index in [0.29, 0.717) is 34.1 Å². The van der Waals surface area contributed by atoms with E-state index in [2.05, 4.69) is 16.0 Å². The Bertz CT molecular complexity index is 1270. The summed E-state index contributed by atoms with van der Waals surface area (Å²) in [7, 11) is 1.65. The smallest absolute Gasteiger partial charge is 0.289 e. The Morgan fingerprint density at radius 3 is 2.61 bits per heavy atom. The monoisotopic (exact) mass is 469 g/mol. The van der Waals surface area contributed by atoms with Crippen molar-refractivity contribution < 1.29 is 23.9 Å². The van der Waals surface area contributed by atoms with E-state index >= 15 is 0 Å². The van der Waals surface area contributed by atoms with Crippen molar-refractivity contribution in [1.82, 2.24) is 20.6 Å². The summed E-state index contributed by atoms with van der Waals surface area (Å²) >= 11 is 6.30. The van der Waals surface area contributed by atoms with Gasteiger partial charge in [0.1, 0.15) is 0 Å². The first-order chi connectivity index (χ1) is 15.8. The molecule has 1 aliphatic rings. The zero-order valence-electron chi connectivity index (χ0n) is 18.0. The lowest BCUT2D eigenvalue weighted by molar-refractivity contribution is -0.119. The summed E-state index contributed by atoms with van der Waals surface area (Å²) in [6.45, 7) is 3.05. The van der Waals surface area contributed by atoms with Crippen LogP contribution in [0.25, 0.3) is 5.69 Å². The Kier molecular flexibility index (Phi) is 5.93. The molecule has 2 heterocycles. The minimum atomic E-state index is -0.648. The number of benzene rings is 2. The zero-order valence-corrected chi connectivity index (χ0v) is 18.8. The maximum Gasteiger partial charge on any atom is 0.289 e. The second-order valence-electron chi connectivity index (χ2n) is 7.25. The molecule has 2 aromatic carbocycles.